The van der Waals surface area contributed by atoms with Crippen molar-refractivity contribution in [2.24, 2.45) is 0 Å². The number of H-pyrrole nitrogens is 1. The van der Waals surface area contributed by atoms with Crippen LogP contribution in [0.4, 0.5) is 0 Å². The predicted octanol–water partition coefficient (Wildman–Crippen LogP) is 2.87. The van der Waals surface area contributed by atoms with Gasteiger partial charge in [0.25, 0.3) is 5.91 Å². The molecular weight excluding hydrogens is 274 g/mol. The van der Waals surface area contributed by atoms with Crippen molar-refractivity contribution in [3.05, 3.63) is 52.1 Å². The average Bonchev–Trinajstić information content (AvgIpc) is 2.88. The monoisotopic (exact) mass is 289 g/mol. The van der Waals surface area contributed by atoms with Gasteiger partial charge in [-0.1, -0.05) is 23.7 Å². The van der Waals surface area contributed by atoms with Crippen molar-refractivity contribution in [1.29, 1.82) is 0 Å². The normalized spacial score (nSPS) is 13.8. The number of carbonyl (C=O) groups excluding carboxylic acids is 1. The number of halogens is 1. The zero-order valence-corrected chi connectivity index (χ0v) is 11.8. The molecule has 3 rings (SSSR count). The van der Waals surface area contributed by atoms with Crippen LogP contribution in [0.2, 0.25) is 5.02 Å². The van der Waals surface area contributed by atoms with Crippen LogP contribution in [-0.4, -0.2) is 15.9 Å². The molecule has 0 spiro atoms. The summed E-state index contributed by atoms with van der Waals surface area (Å²) in [6.45, 7) is 0.400. The van der Waals surface area contributed by atoms with Gasteiger partial charge in [0, 0.05) is 5.69 Å². The summed E-state index contributed by atoms with van der Waals surface area (Å²) in [5.41, 5.74) is 2.86. The van der Waals surface area contributed by atoms with Crippen molar-refractivity contribution < 1.29 is 4.79 Å². The standard InChI is InChI=1S/C15H16ClN3O/c16-11-6-2-1-5-10(11)15(20)17-9-14-18-12-7-3-4-8-13(12)19-14/h1-2,5-6H,3-4,7-9H2,(H,17,20)(H,18,19). The third kappa shape index (κ3) is 2.70. The van der Waals surface area contributed by atoms with Crippen molar-refractivity contribution in [3.8, 4) is 0 Å². The number of aryl methyl sites for hydroxylation is 2. The molecule has 0 aliphatic heterocycles. The van der Waals surface area contributed by atoms with Crippen molar-refractivity contribution in [1.82, 2.24) is 15.3 Å². The fraction of sp³-hybridized carbons (Fsp3) is 0.333. The Bertz CT molecular complexity index is 612. The number of fused-ring (bicyclic) bond motifs is 1. The number of carbonyl (C=O) groups is 1. The minimum atomic E-state index is -0.176. The van der Waals surface area contributed by atoms with Gasteiger partial charge in [-0.15, -0.1) is 0 Å². The Hall–Kier alpha value is -1.81. The molecule has 1 aromatic carbocycles. The quantitative estimate of drug-likeness (QED) is 0.913. The minimum Gasteiger partial charge on any atom is -0.345 e. The molecule has 0 saturated heterocycles. The Kier molecular flexibility index (Phi) is 3.74. The molecule has 4 nitrogen and oxygen atoms in total. The van der Waals surface area contributed by atoms with Gasteiger partial charge in [0.05, 0.1) is 22.8 Å². The van der Waals surface area contributed by atoms with Crippen molar-refractivity contribution in [2.45, 2.75) is 32.2 Å². The Morgan fingerprint density at radius 2 is 2.10 bits per heavy atom. The van der Waals surface area contributed by atoms with E-state index in [2.05, 4.69) is 15.3 Å². The number of aromatic nitrogens is 2. The van der Waals surface area contributed by atoms with Gasteiger partial charge in [-0.2, -0.15) is 0 Å². The van der Waals surface area contributed by atoms with Gasteiger partial charge in [0.1, 0.15) is 5.82 Å². The molecule has 0 radical (unpaired) electrons. The van der Waals surface area contributed by atoms with Gasteiger partial charge in [-0.3, -0.25) is 4.79 Å². The fourth-order valence-electron chi connectivity index (χ4n) is 2.50. The lowest BCUT2D eigenvalue weighted by Gasteiger charge is -2.07. The summed E-state index contributed by atoms with van der Waals surface area (Å²) >= 11 is 6.00. The maximum Gasteiger partial charge on any atom is 0.253 e. The largest absolute Gasteiger partial charge is 0.345 e. The zero-order chi connectivity index (χ0) is 13.9. The summed E-state index contributed by atoms with van der Waals surface area (Å²) < 4.78 is 0. The molecule has 0 saturated carbocycles. The second kappa shape index (κ2) is 5.67. The molecule has 0 fully saturated rings. The minimum absolute atomic E-state index is 0.176. The molecular formula is C15H16ClN3O. The van der Waals surface area contributed by atoms with E-state index in [9.17, 15) is 4.79 Å². The van der Waals surface area contributed by atoms with Gasteiger partial charge >= 0.3 is 0 Å². The molecule has 20 heavy (non-hydrogen) atoms. The number of aromatic amines is 1. The summed E-state index contributed by atoms with van der Waals surface area (Å²) in [7, 11) is 0. The van der Waals surface area contributed by atoms with Crippen LogP contribution >= 0.6 is 11.6 Å². The molecule has 1 heterocycles. The molecule has 2 N–H and O–H groups in total. The van der Waals surface area contributed by atoms with E-state index in [4.69, 9.17) is 11.6 Å². The summed E-state index contributed by atoms with van der Waals surface area (Å²) in [5, 5.41) is 3.31. The Morgan fingerprint density at radius 1 is 1.30 bits per heavy atom. The van der Waals surface area contributed by atoms with Crippen LogP contribution in [0.1, 0.15) is 40.4 Å². The molecule has 0 unspecified atom stereocenters. The number of hydrogen-bond donors (Lipinski definition) is 2. The van der Waals surface area contributed by atoms with Crippen molar-refractivity contribution in [2.75, 3.05) is 0 Å². The number of amides is 1. The van der Waals surface area contributed by atoms with Gasteiger partial charge in [-0.25, -0.2) is 4.98 Å². The molecule has 1 amide bonds. The SMILES string of the molecule is O=C(NCc1nc2c([nH]1)CCCC2)c1ccccc1Cl. The Morgan fingerprint density at radius 3 is 2.90 bits per heavy atom. The van der Waals surface area contributed by atoms with Crippen LogP contribution in [0.3, 0.4) is 0 Å². The highest BCUT2D eigenvalue weighted by Crippen LogP contribution is 2.19. The van der Waals surface area contributed by atoms with Crippen LogP contribution < -0.4 is 5.32 Å². The van der Waals surface area contributed by atoms with E-state index >= 15 is 0 Å². The van der Waals surface area contributed by atoms with E-state index < -0.39 is 0 Å². The van der Waals surface area contributed by atoms with Crippen LogP contribution in [-0.2, 0) is 19.4 Å². The van der Waals surface area contributed by atoms with E-state index in [-0.39, 0.29) is 5.91 Å². The second-order valence-corrected chi connectivity index (χ2v) is 5.39. The van der Waals surface area contributed by atoms with Crippen LogP contribution in [0.5, 0.6) is 0 Å². The summed E-state index contributed by atoms with van der Waals surface area (Å²) in [6, 6.07) is 7.03. The Balaban J connectivity index is 1.66. The van der Waals surface area contributed by atoms with Crippen LogP contribution in [0.15, 0.2) is 24.3 Å². The summed E-state index contributed by atoms with van der Waals surface area (Å²) in [5.74, 6) is 0.641. The van der Waals surface area contributed by atoms with Gasteiger partial charge in [0.15, 0.2) is 0 Å². The van der Waals surface area contributed by atoms with Crippen molar-refractivity contribution in [3.63, 3.8) is 0 Å². The number of benzene rings is 1. The van der Waals surface area contributed by atoms with E-state index in [0.29, 0.717) is 17.1 Å². The Labute approximate surface area is 122 Å². The van der Waals surface area contributed by atoms with E-state index in [0.717, 1.165) is 24.4 Å². The van der Waals surface area contributed by atoms with E-state index in [1.807, 2.05) is 0 Å². The lowest BCUT2D eigenvalue weighted by Crippen LogP contribution is -2.23. The number of hydrogen-bond acceptors (Lipinski definition) is 2. The van der Waals surface area contributed by atoms with E-state index in [1.54, 1.807) is 24.3 Å². The summed E-state index contributed by atoms with van der Waals surface area (Å²) in [6.07, 6.45) is 4.50. The number of imidazole rings is 1. The third-order valence-electron chi connectivity index (χ3n) is 3.54. The molecule has 5 heteroatoms. The smallest absolute Gasteiger partial charge is 0.253 e. The van der Waals surface area contributed by atoms with E-state index in [1.165, 1.54) is 18.5 Å². The number of rotatable bonds is 3. The number of nitrogens with zero attached hydrogens (tertiary/aromatic N) is 1. The first-order valence-electron chi connectivity index (χ1n) is 6.83. The topological polar surface area (TPSA) is 57.8 Å². The molecule has 104 valence electrons. The molecule has 1 aliphatic rings. The van der Waals surface area contributed by atoms with Crippen LogP contribution in [0.25, 0.3) is 0 Å². The molecule has 1 aromatic heterocycles. The lowest BCUT2D eigenvalue weighted by atomic mass is 10.0. The zero-order valence-electron chi connectivity index (χ0n) is 11.1. The van der Waals surface area contributed by atoms with Crippen LogP contribution in [0, 0.1) is 0 Å². The van der Waals surface area contributed by atoms with Gasteiger partial charge in [0.2, 0.25) is 0 Å². The molecule has 0 bridgehead atoms. The van der Waals surface area contributed by atoms with Gasteiger partial charge < -0.3 is 10.3 Å². The third-order valence-corrected chi connectivity index (χ3v) is 3.87. The predicted molar refractivity (Wildman–Crippen MR) is 77.9 cm³/mol. The first-order valence-corrected chi connectivity index (χ1v) is 7.21. The molecule has 1 aliphatic carbocycles. The highest BCUT2D eigenvalue weighted by atomic mass is 35.5. The first-order chi connectivity index (χ1) is 9.74. The molecule has 0 atom stereocenters. The van der Waals surface area contributed by atoms with Crippen molar-refractivity contribution >= 4 is 17.5 Å². The summed E-state index contributed by atoms with van der Waals surface area (Å²) in [4.78, 5) is 19.9. The highest BCUT2D eigenvalue weighted by Gasteiger charge is 2.15. The molecule has 2 aromatic rings. The average molecular weight is 290 g/mol. The lowest BCUT2D eigenvalue weighted by molar-refractivity contribution is 0.0950. The maximum atomic E-state index is 12.0. The first kappa shape index (κ1) is 13.2. The second-order valence-electron chi connectivity index (χ2n) is 4.98. The van der Waals surface area contributed by atoms with Gasteiger partial charge in [-0.05, 0) is 37.8 Å². The maximum absolute atomic E-state index is 12.0. The highest BCUT2D eigenvalue weighted by molar-refractivity contribution is 6.33. The fourth-order valence-corrected chi connectivity index (χ4v) is 2.72. The number of nitrogens with one attached hydrogen (secondary N) is 2.